The van der Waals surface area contributed by atoms with Gasteiger partial charge >= 0.3 is 0 Å². The van der Waals surface area contributed by atoms with Gasteiger partial charge in [-0.1, -0.05) is 19.3 Å². The number of hydrogen-bond acceptors (Lipinski definition) is 3. The Bertz CT molecular complexity index is 559. The highest BCUT2D eigenvalue weighted by Crippen LogP contribution is 2.26. The number of anilines is 1. The lowest BCUT2D eigenvalue weighted by Gasteiger charge is -2.24. The van der Waals surface area contributed by atoms with Gasteiger partial charge < -0.3 is 5.73 Å². The number of halogens is 2. The van der Waals surface area contributed by atoms with Crippen molar-refractivity contribution >= 4 is 15.7 Å². The molecule has 1 aliphatic heterocycles. The number of nitrogen functional groups attached to an aromatic ring is 1. The number of hydrogen-bond donors (Lipinski definition) is 1. The Morgan fingerprint density at radius 3 is 1.90 bits per heavy atom. The van der Waals surface area contributed by atoms with Crippen molar-refractivity contribution in [2.24, 2.45) is 0 Å². The summed E-state index contributed by atoms with van der Waals surface area (Å²) in [6, 6.07) is 1.67. The Kier molecular flexibility index (Phi) is 4.59. The maximum atomic E-state index is 13.8. The van der Waals surface area contributed by atoms with Crippen LogP contribution in [0, 0.1) is 11.6 Å². The Morgan fingerprint density at radius 2 is 1.40 bits per heavy atom. The van der Waals surface area contributed by atoms with E-state index in [1.807, 2.05) is 0 Å². The minimum atomic E-state index is -4.15. The minimum Gasteiger partial charge on any atom is -0.399 e. The van der Waals surface area contributed by atoms with Crippen molar-refractivity contribution in [3.8, 4) is 0 Å². The van der Waals surface area contributed by atoms with Gasteiger partial charge in [-0.3, -0.25) is 0 Å². The third-order valence-corrected chi connectivity index (χ3v) is 5.38. The monoisotopic (exact) mass is 304 g/mol. The van der Waals surface area contributed by atoms with Crippen molar-refractivity contribution in [2.45, 2.75) is 37.0 Å². The molecule has 0 amide bonds. The zero-order chi connectivity index (χ0) is 14.8. The number of nitrogens with zero attached hydrogens (tertiary/aromatic N) is 1. The number of rotatable bonds is 2. The fourth-order valence-electron chi connectivity index (χ4n) is 2.41. The van der Waals surface area contributed by atoms with Gasteiger partial charge in [-0.25, -0.2) is 17.2 Å². The van der Waals surface area contributed by atoms with Gasteiger partial charge in [-0.05, 0) is 25.0 Å². The van der Waals surface area contributed by atoms with E-state index in [2.05, 4.69) is 0 Å². The van der Waals surface area contributed by atoms with Gasteiger partial charge in [0.25, 0.3) is 0 Å². The molecule has 1 heterocycles. The summed E-state index contributed by atoms with van der Waals surface area (Å²) >= 11 is 0. The number of nitrogens with two attached hydrogens (primary N) is 1. The Labute approximate surface area is 117 Å². The molecule has 4 nitrogen and oxygen atoms in total. The molecule has 0 radical (unpaired) electrons. The molecule has 20 heavy (non-hydrogen) atoms. The van der Waals surface area contributed by atoms with E-state index >= 15 is 0 Å². The molecular formula is C13H18F2N2O2S. The van der Waals surface area contributed by atoms with E-state index in [0.717, 1.165) is 31.4 Å². The predicted molar refractivity (Wildman–Crippen MR) is 72.6 cm³/mol. The molecule has 0 saturated carbocycles. The van der Waals surface area contributed by atoms with Gasteiger partial charge in [-0.15, -0.1) is 0 Å². The van der Waals surface area contributed by atoms with Crippen LogP contribution in [0.4, 0.5) is 14.5 Å². The summed E-state index contributed by atoms with van der Waals surface area (Å²) in [5.74, 6) is -2.27. The highest BCUT2D eigenvalue weighted by Gasteiger charge is 2.31. The molecular weight excluding hydrogens is 286 g/mol. The molecule has 0 unspecified atom stereocenters. The average Bonchev–Trinajstić information content (AvgIpc) is 2.25. The molecule has 0 aliphatic carbocycles. The molecule has 1 fully saturated rings. The Morgan fingerprint density at radius 1 is 0.950 bits per heavy atom. The minimum absolute atomic E-state index is 0.133. The van der Waals surface area contributed by atoms with Crippen LogP contribution < -0.4 is 5.73 Å². The van der Waals surface area contributed by atoms with E-state index in [1.165, 1.54) is 4.31 Å². The first kappa shape index (κ1) is 15.2. The average molecular weight is 304 g/mol. The number of benzene rings is 1. The van der Waals surface area contributed by atoms with Crippen LogP contribution >= 0.6 is 0 Å². The zero-order valence-corrected chi connectivity index (χ0v) is 11.9. The van der Waals surface area contributed by atoms with E-state index < -0.39 is 26.6 Å². The summed E-state index contributed by atoms with van der Waals surface area (Å²) in [5, 5.41) is 0. The normalized spacial score (nSPS) is 18.5. The Hall–Kier alpha value is -1.21. The largest absolute Gasteiger partial charge is 0.399 e. The maximum absolute atomic E-state index is 13.8. The molecule has 1 aliphatic rings. The quantitative estimate of drug-likeness (QED) is 0.854. The van der Waals surface area contributed by atoms with Crippen LogP contribution in [0.25, 0.3) is 0 Å². The second kappa shape index (κ2) is 6.05. The van der Waals surface area contributed by atoms with Gasteiger partial charge in [-0.2, -0.15) is 4.31 Å². The summed E-state index contributed by atoms with van der Waals surface area (Å²) < 4.78 is 53.6. The first-order valence-corrected chi connectivity index (χ1v) is 8.11. The smallest absolute Gasteiger partial charge is 0.248 e. The van der Waals surface area contributed by atoms with Gasteiger partial charge in [0.2, 0.25) is 10.0 Å². The molecule has 0 atom stereocenters. The fourth-order valence-corrected chi connectivity index (χ4v) is 4.02. The van der Waals surface area contributed by atoms with Crippen LogP contribution in [0.2, 0.25) is 0 Å². The van der Waals surface area contributed by atoms with Crippen LogP contribution in [0.15, 0.2) is 17.0 Å². The summed E-state index contributed by atoms with van der Waals surface area (Å²) in [4.78, 5) is -0.896. The molecule has 0 spiro atoms. The van der Waals surface area contributed by atoms with Crippen molar-refractivity contribution in [3.63, 3.8) is 0 Å². The molecule has 1 aromatic rings. The highest BCUT2D eigenvalue weighted by molar-refractivity contribution is 7.89. The van der Waals surface area contributed by atoms with E-state index in [9.17, 15) is 17.2 Å². The highest BCUT2D eigenvalue weighted by atomic mass is 32.2. The second-order valence-corrected chi connectivity index (χ2v) is 6.86. The fraction of sp³-hybridized carbons (Fsp3) is 0.538. The topological polar surface area (TPSA) is 63.4 Å². The van der Waals surface area contributed by atoms with Crippen LogP contribution in [-0.4, -0.2) is 25.8 Å². The molecule has 7 heteroatoms. The van der Waals surface area contributed by atoms with Gasteiger partial charge in [0.15, 0.2) is 4.90 Å². The lowest BCUT2D eigenvalue weighted by atomic mass is 10.1. The lowest BCUT2D eigenvalue weighted by molar-refractivity contribution is 0.359. The van der Waals surface area contributed by atoms with Crippen LogP contribution in [-0.2, 0) is 10.0 Å². The zero-order valence-electron chi connectivity index (χ0n) is 11.1. The van der Waals surface area contributed by atoms with Gasteiger partial charge in [0, 0.05) is 18.8 Å². The molecule has 1 saturated heterocycles. The molecule has 2 N–H and O–H groups in total. The van der Waals surface area contributed by atoms with E-state index in [0.29, 0.717) is 25.9 Å². The standard InChI is InChI=1S/C13H18F2N2O2S/c14-11-8-10(16)9-12(15)13(11)20(18,19)17-6-4-2-1-3-5-7-17/h8-9H,1-7,16H2. The molecule has 2 rings (SSSR count). The second-order valence-electron chi connectivity index (χ2n) is 4.99. The number of sulfonamides is 1. The van der Waals surface area contributed by atoms with Gasteiger partial charge in [0.1, 0.15) is 11.6 Å². The van der Waals surface area contributed by atoms with E-state index in [1.54, 1.807) is 0 Å². The lowest BCUT2D eigenvalue weighted by Crippen LogP contribution is -2.35. The molecule has 0 aromatic heterocycles. The van der Waals surface area contributed by atoms with E-state index in [4.69, 9.17) is 5.73 Å². The summed E-state index contributed by atoms with van der Waals surface area (Å²) in [6.07, 6.45) is 4.34. The van der Waals surface area contributed by atoms with Crippen molar-refractivity contribution < 1.29 is 17.2 Å². The van der Waals surface area contributed by atoms with Crippen molar-refractivity contribution in [3.05, 3.63) is 23.8 Å². The van der Waals surface area contributed by atoms with Crippen molar-refractivity contribution in [1.82, 2.24) is 4.31 Å². The molecule has 112 valence electrons. The summed E-state index contributed by atoms with van der Waals surface area (Å²) in [5.41, 5.74) is 5.17. The van der Waals surface area contributed by atoms with Crippen molar-refractivity contribution in [2.75, 3.05) is 18.8 Å². The SMILES string of the molecule is Nc1cc(F)c(S(=O)(=O)N2CCCCCCC2)c(F)c1. The van der Waals surface area contributed by atoms with Gasteiger partial charge in [0.05, 0.1) is 0 Å². The maximum Gasteiger partial charge on any atom is 0.248 e. The predicted octanol–water partition coefficient (Wildman–Crippen LogP) is 2.50. The van der Waals surface area contributed by atoms with Crippen LogP contribution in [0.1, 0.15) is 32.1 Å². The van der Waals surface area contributed by atoms with Crippen LogP contribution in [0.3, 0.4) is 0 Å². The first-order valence-electron chi connectivity index (χ1n) is 6.67. The van der Waals surface area contributed by atoms with Crippen molar-refractivity contribution in [1.29, 1.82) is 0 Å². The third kappa shape index (κ3) is 3.09. The van der Waals surface area contributed by atoms with E-state index in [-0.39, 0.29) is 5.69 Å². The Balaban J connectivity index is 2.38. The third-order valence-electron chi connectivity index (χ3n) is 3.43. The first-order chi connectivity index (χ1) is 9.43. The molecule has 0 bridgehead atoms. The summed E-state index contributed by atoms with van der Waals surface area (Å²) in [7, 11) is -4.15. The summed E-state index contributed by atoms with van der Waals surface area (Å²) in [6.45, 7) is 0.594. The van der Waals surface area contributed by atoms with Crippen LogP contribution in [0.5, 0.6) is 0 Å². The molecule has 1 aromatic carbocycles.